The van der Waals surface area contributed by atoms with E-state index in [0.29, 0.717) is 23.4 Å². The zero-order valence-corrected chi connectivity index (χ0v) is 11.0. The summed E-state index contributed by atoms with van der Waals surface area (Å²) < 4.78 is 0. The Morgan fingerprint density at radius 1 is 1.26 bits per heavy atom. The Morgan fingerprint density at radius 2 is 1.89 bits per heavy atom. The number of carbonyl (C=O) groups is 2. The number of rotatable bonds is 4. The number of hydrogen-bond donors (Lipinski definition) is 3. The van der Waals surface area contributed by atoms with Gasteiger partial charge >= 0.3 is 0 Å². The SMILES string of the molecule is O=C(CNC(=O)c1ccc(Cl)cc1)NC1CC(O)C1. The van der Waals surface area contributed by atoms with Crippen LogP contribution in [0.25, 0.3) is 0 Å². The highest BCUT2D eigenvalue weighted by Gasteiger charge is 2.28. The average Bonchev–Trinajstić information content (AvgIpc) is 2.35. The summed E-state index contributed by atoms with van der Waals surface area (Å²) in [5.74, 6) is -0.570. The fraction of sp³-hybridized carbons (Fsp3) is 0.385. The van der Waals surface area contributed by atoms with Gasteiger partial charge in [0.2, 0.25) is 5.91 Å². The van der Waals surface area contributed by atoms with Gasteiger partial charge in [-0.2, -0.15) is 0 Å². The normalized spacial score (nSPS) is 21.4. The van der Waals surface area contributed by atoms with E-state index < -0.39 is 0 Å². The predicted octanol–water partition coefficient (Wildman–Crippen LogP) is 0.709. The zero-order chi connectivity index (χ0) is 13.8. The van der Waals surface area contributed by atoms with E-state index in [1.807, 2.05) is 0 Å². The fourth-order valence-corrected chi connectivity index (χ4v) is 1.97. The Morgan fingerprint density at radius 3 is 2.47 bits per heavy atom. The van der Waals surface area contributed by atoms with Crippen LogP contribution >= 0.6 is 11.6 Å². The monoisotopic (exact) mass is 282 g/mol. The van der Waals surface area contributed by atoms with Crippen LogP contribution in [0.4, 0.5) is 0 Å². The van der Waals surface area contributed by atoms with Gasteiger partial charge in [0.25, 0.3) is 5.91 Å². The molecule has 0 radical (unpaired) electrons. The van der Waals surface area contributed by atoms with Crippen molar-refractivity contribution in [3.05, 3.63) is 34.9 Å². The van der Waals surface area contributed by atoms with Crippen molar-refractivity contribution in [1.29, 1.82) is 0 Å². The highest BCUT2D eigenvalue weighted by Crippen LogP contribution is 2.18. The minimum Gasteiger partial charge on any atom is -0.393 e. The molecule has 6 heteroatoms. The minimum absolute atomic E-state index is 0.0231. The van der Waals surface area contributed by atoms with Gasteiger partial charge in [-0.25, -0.2) is 0 Å². The van der Waals surface area contributed by atoms with Gasteiger partial charge in [-0.3, -0.25) is 9.59 Å². The van der Waals surface area contributed by atoms with Crippen molar-refractivity contribution in [3.8, 4) is 0 Å². The van der Waals surface area contributed by atoms with Crippen LogP contribution in [0, 0.1) is 0 Å². The van der Waals surface area contributed by atoms with E-state index in [1.54, 1.807) is 24.3 Å². The molecule has 0 spiro atoms. The van der Waals surface area contributed by atoms with Gasteiger partial charge in [-0.15, -0.1) is 0 Å². The molecule has 0 unspecified atom stereocenters. The zero-order valence-electron chi connectivity index (χ0n) is 10.2. The first kappa shape index (κ1) is 13.8. The molecule has 1 aromatic carbocycles. The summed E-state index contributed by atoms with van der Waals surface area (Å²) in [6, 6.07) is 6.45. The molecule has 3 N–H and O–H groups in total. The lowest BCUT2D eigenvalue weighted by Gasteiger charge is -2.31. The van der Waals surface area contributed by atoms with E-state index in [-0.39, 0.29) is 30.5 Å². The van der Waals surface area contributed by atoms with E-state index >= 15 is 0 Å². The van der Waals surface area contributed by atoms with Crippen LogP contribution in [0.5, 0.6) is 0 Å². The van der Waals surface area contributed by atoms with Crippen LogP contribution in [0.15, 0.2) is 24.3 Å². The third kappa shape index (κ3) is 3.94. The molecule has 1 aliphatic carbocycles. The molecule has 0 aromatic heterocycles. The fourth-order valence-electron chi connectivity index (χ4n) is 1.85. The number of amides is 2. The molecule has 1 fully saturated rings. The van der Waals surface area contributed by atoms with Crippen LogP contribution in [0.3, 0.4) is 0 Å². The Bertz CT molecular complexity index is 469. The Hall–Kier alpha value is -1.59. The molecule has 0 heterocycles. The molecule has 2 amide bonds. The molecule has 1 saturated carbocycles. The molecular weight excluding hydrogens is 268 g/mol. The van der Waals surface area contributed by atoms with E-state index in [4.69, 9.17) is 16.7 Å². The van der Waals surface area contributed by atoms with Crippen LogP contribution in [0.1, 0.15) is 23.2 Å². The van der Waals surface area contributed by atoms with E-state index in [0.717, 1.165) is 0 Å². The summed E-state index contributed by atoms with van der Waals surface area (Å²) in [6.07, 6.45) is 0.849. The van der Waals surface area contributed by atoms with Gasteiger partial charge in [0.15, 0.2) is 0 Å². The number of nitrogens with one attached hydrogen (secondary N) is 2. The van der Waals surface area contributed by atoms with Crippen molar-refractivity contribution in [2.45, 2.75) is 25.0 Å². The molecule has 0 bridgehead atoms. The number of carbonyl (C=O) groups excluding carboxylic acids is 2. The molecule has 2 rings (SSSR count). The third-order valence-corrected chi connectivity index (χ3v) is 3.25. The van der Waals surface area contributed by atoms with Crippen LogP contribution < -0.4 is 10.6 Å². The number of benzene rings is 1. The number of halogens is 1. The van der Waals surface area contributed by atoms with Crippen molar-refractivity contribution in [3.63, 3.8) is 0 Å². The van der Waals surface area contributed by atoms with E-state index in [9.17, 15) is 9.59 Å². The lowest BCUT2D eigenvalue weighted by Crippen LogP contribution is -2.49. The number of aliphatic hydroxyl groups is 1. The van der Waals surface area contributed by atoms with Gasteiger partial charge in [0.05, 0.1) is 12.6 Å². The molecule has 102 valence electrons. The van der Waals surface area contributed by atoms with Gasteiger partial charge < -0.3 is 15.7 Å². The number of hydrogen-bond acceptors (Lipinski definition) is 3. The van der Waals surface area contributed by atoms with Gasteiger partial charge in [-0.05, 0) is 37.1 Å². The molecular formula is C13H15ClN2O3. The third-order valence-electron chi connectivity index (χ3n) is 2.99. The summed E-state index contributed by atoms with van der Waals surface area (Å²) >= 11 is 5.72. The maximum atomic E-state index is 11.7. The van der Waals surface area contributed by atoms with Crippen molar-refractivity contribution >= 4 is 23.4 Å². The van der Waals surface area contributed by atoms with Crippen molar-refractivity contribution in [1.82, 2.24) is 10.6 Å². The summed E-state index contributed by atoms with van der Waals surface area (Å²) in [6.45, 7) is -0.0753. The predicted molar refractivity (Wildman–Crippen MR) is 71.0 cm³/mol. The van der Waals surface area contributed by atoms with Gasteiger partial charge in [0.1, 0.15) is 0 Å². The smallest absolute Gasteiger partial charge is 0.251 e. The first-order chi connectivity index (χ1) is 9.04. The summed E-state index contributed by atoms with van der Waals surface area (Å²) in [7, 11) is 0. The lowest BCUT2D eigenvalue weighted by molar-refractivity contribution is -0.122. The number of aliphatic hydroxyl groups excluding tert-OH is 1. The van der Waals surface area contributed by atoms with E-state index in [2.05, 4.69) is 10.6 Å². The Kier molecular flexibility index (Phi) is 4.39. The van der Waals surface area contributed by atoms with Crippen molar-refractivity contribution < 1.29 is 14.7 Å². The highest BCUT2D eigenvalue weighted by atomic mass is 35.5. The standard InChI is InChI=1S/C13H15ClN2O3/c14-9-3-1-8(2-4-9)13(19)15-7-12(18)16-10-5-11(17)6-10/h1-4,10-11,17H,5-7H2,(H,15,19)(H,16,18). The van der Waals surface area contributed by atoms with Crippen molar-refractivity contribution in [2.75, 3.05) is 6.54 Å². The van der Waals surface area contributed by atoms with Crippen LogP contribution in [-0.2, 0) is 4.79 Å². The molecule has 1 aromatic rings. The summed E-state index contributed by atoms with van der Waals surface area (Å²) in [5, 5.41) is 14.9. The van der Waals surface area contributed by atoms with Crippen LogP contribution in [-0.4, -0.2) is 35.6 Å². The maximum Gasteiger partial charge on any atom is 0.251 e. The molecule has 0 aliphatic heterocycles. The molecule has 0 atom stereocenters. The van der Waals surface area contributed by atoms with E-state index in [1.165, 1.54) is 0 Å². The average molecular weight is 283 g/mol. The van der Waals surface area contributed by atoms with Gasteiger partial charge in [-0.1, -0.05) is 11.6 Å². The Labute approximate surface area is 116 Å². The van der Waals surface area contributed by atoms with Crippen LogP contribution in [0.2, 0.25) is 5.02 Å². The molecule has 5 nitrogen and oxygen atoms in total. The largest absolute Gasteiger partial charge is 0.393 e. The summed E-state index contributed by atoms with van der Waals surface area (Å²) in [5.41, 5.74) is 0.455. The first-order valence-corrected chi connectivity index (χ1v) is 6.43. The molecule has 1 aliphatic rings. The quantitative estimate of drug-likeness (QED) is 0.761. The first-order valence-electron chi connectivity index (χ1n) is 6.06. The second-order valence-corrected chi connectivity index (χ2v) is 5.02. The summed E-state index contributed by atoms with van der Waals surface area (Å²) in [4.78, 5) is 23.2. The molecule has 0 saturated heterocycles. The lowest BCUT2D eigenvalue weighted by atomic mass is 9.89. The van der Waals surface area contributed by atoms with Gasteiger partial charge in [0, 0.05) is 16.6 Å². The maximum absolute atomic E-state index is 11.7. The minimum atomic E-state index is -0.319. The Balaban J connectivity index is 1.74. The topological polar surface area (TPSA) is 78.4 Å². The second-order valence-electron chi connectivity index (χ2n) is 4.58. The second kappa shape index (κ2) is 6.04. The molecule has 19 heavy (non-hydrogen) atoms. The van der Waals surface area contributed by atoms with Crippen molar-refractivity contribution in [2.24, 2.45) is 0 Å². The highest BCUT2D eigenvalue weighted by molar-refractivity contribution is 6.30.